The predicted molar refractivity (Wildman–Crippen MR) is 61.3 cm³/mol. The van der Waals surface area contributed by atoms with Crippen molar-refractivity contribution in [2.45, 2.75) is 6.18 Å². The summed E-state index contributed by atoms with van der Waals surface area (Å²) in [7, 11) is 0. The monoisotopic (exact) mass is 251 g/mol. The lowest BCUT2D eigenvalue weighted by molar-refractivity contribution is -0.137. The molecule has 0 aliphatic rings. The van der Waals surface area contributed by atoms with Crippen LogP contribution in [0.1, 0.15) is 16.7 Å². The molecule has 0 aliphatic heterocycles. The van der Waals surface area contributed by atoms with Crippen LogP contribution < -0.4 is 0 Å². The van der Waals surface area contributed by atoms with Crippen molar-refractivity contribution in [3.8, 4) is 0 Å². The largest absolute Gasteiger partial charge is 0.416 e. The minimum atomic E-state index is -4.36. The highest BCUT2D eigenvalue weighted by atomic mass is 19.4. The molecule has 0 aromatic heterocycles. The van der Waals surface area contributed by atoms with Crippen molar-refractivity contribution in [1.82, 2.24) is 0 Å². The molecule has 0 heterocycles. The topological polar surface area (TPSA) is 20.2 Å². The Labute approximate surface area is 103 Å². The minimum Gasteiger partial charge on any atom is -0.377 e. The lowest BCUT2D eigenvalue weighted by Gasteiger charge is -2.11. The third-order valence-electron chi connectivity index (χ3n) is 2.53. The van der Waals surface area contributed by atoms with E-state index in [9.17, 15) is 18.3 Å². The van der Waals surface area contributed by atoms with Gasteiger partial charge in [-0.1, -0.05) is 42.5 Å². The van der Waals surface area contributed by atoms with Crippen LogP contribution in [-0.2, 0) is 6.18 Å². The lowest BCUT2D eigenvalue weighted by atomic mass is 10.0. The molecule has 0 amide bonds. The second kappa shape index (κ2) is 4.82. The summed E-state index contributed by atoms with van der Waals surface area (Å²) in [4.78, 5) is 0. The van der Waals surface area contributed by atoms with Crippen LogP contribution in [0.25, 0.3) is 0 Å². The molecule has 0 saturated heterocycles. The molecule has 93 valence electrons. The average Bonchev–Trinajstić information content (AvgIpc) is 2.38. The van der Waals surface area contributed by atoms with E-state index in [4.69, 9.17) is 0 Å². The van der Waals surface area contributed by atoms with Crippen LogP contribution >= 0.6 is 0 Å². The molecular formula is C14H10F3O. The molecule has 0 aliphatic carbocycles. The molecule has 4 heteroatoms. The Bertz CT molecular complexity index is 503. The maximum absolute atomic E-state index is 12.4. The number of benzene rings is 2. The van der Waals surface area contributed by atoms with Crippen LogP contribution in [0.5, 0.6) is 0 Å². The van der Waals surface area contributed by atoms with E-state index in [2.05, 4.69) is 0 Å². The Hall–Kier alpha value is -1.81. The molecule has 0 atom stereocenters. The minimum absolute atomic E-state index is 0.0377. The molecule has 0 fully saturated rings. The van der Waals surface area contributed by atoms with Crippen LogP contribution in [0.15, 0.2) is 54.6 Å². The fourth-order valence-corrected chi connectivity index (χ4v) is 1.58. The van der Waals surface area contributed by atoms with Crippen molar-refractivity contribution in [3.63, 3.8) is 0 Å². The van der Waals surface area contributed by atoms with Crippen molar-refractivity contribution in [2.75, 3.05) is 0 Å². The van der Waals surface area contributed by atoms with E-state index in [0.717, 1.165) is 12.1 Å². The zero-order valence-corrected chi connectivity index (χ0v) is 9.28. The zero-order chi connectivity index (χ0) is 13.2. The van der Waals surface area contributed by atoms with Crippen LogP contribution in [0.4, 0.5) is 13.2 Å². The fraction of sp³-hybridized carbons (Fsp3) is 0.0714. The summed E-state index contributed by atoms with van der Waals surface area (Å²) in [6.45, 7) is 0. The van der Waals surface area contributed by atoms with Gasteiger partial charge in [0.15, 0.2) is 6.10 Å². The van der Waals surface area contributed by atoms with E-state index in [0.29, 0.717) is 11.1 Å². The van der Waals surface area contributed by atoms with Gasteiger partial charge in [-0.25, -0.2) is 0 Å². The summed E-state index contributed by atoms with van der Waals surface area (Å²) in [6, 6.07) is 13.1. The van der Waals surface area contributed by atoms with Crippen molar-refractivity contribution >= 4 is 0 Å². The maximum Gasteiger partial charge on any atom is 0.416 e. The number of halogens is 3. The number of rotatable bonds is 2. The van der Waals surface area contributed by atoms with E-state index in [1.165, 1.54) is 12.1 Å². The standard InChI is InChI=1S/C14H10F3O/c15-14(16,17)12-8-6-11(7-9-12)13(18)10-4-2-1-3-5-10/h1-9,18H. The van der Waals surface area contributed by atoms with Gasteiger partial charge in [-0.15, -0.1) is 0 Å². The Kier molecular flexibility index (Phi) is 3.39. The number of hydrogen-bond donors (Lipinski definition) is 1. The van der Waals surface area contributed by atoms with E-state index in [1.807, 2.05) is 0 Å². The highest BCUT2D eigenvalue weighted by molar-refractivity contribution is 5.42. The molecule has 1 radical (unpaired) electrons. The molecule has 0 saturated carbocycles. The van der Waals surface area contributed by atoms with Crippen LogP contribution in [0.2, 0.25) is 0 Å². The first-order chi connectivity index (χ1) is 8.48. The molecule has 0 unspecified atom stereocenters. The normalized spacial score (nSPS) is 11.8. The molecule has 0 bridgehead atoms. The first-order valence-electron chi connectivity index (χ1n) is 5.27. The first kappa shape index (κ1) is 12.6. The van der Waals surface area contributed by atoms with Gasteiger partial charge in [-0.05, 0) is 23.3 Å². The maximum atomic E-state index is 12.4. The summed E-state index contributed by atoms with van der Waals surface area (Å²) in [6.07, 6.45) is -4.40. The molecule has 1 nitrogen and oxygen atoms in total. The van der Waals surface area contributed by atoms with Gasteiger partial charge >= 0.3 is 6.18 Å². The van der Waals surface area contributed by atoms with Gasteiger partial charge in [0.05, 0.1) is 5.56 Å². The van der Waals surface area contributed by atoms with Crippen molar-refractivity contribution in [1.29, 1.82) is 0 Å². The molecule has 0 spiro atoms. The second-order valence-electron chi connectivity index (χ2n) is 3.79. The predicted octanol–water partition coefficient (Wildman–Crippen LogP) is 4.01. The van der Waals surface area contributed by atoms with Gasteiger partial charge in [0.25, 0.3) is 0 Å². The fourth-order valence-electron chi connectivity index (χ4n) is 1.58. The number of aliphatic hydroxyl groups excluding tert-OH is 1. The third-order valence-corrected chi connectivity index (χ3v) is 2.53. The highest BCUT2D eigenvalue weighted by Gasteiger charge is 2.30. The van der Waals surface area contributed by atoms with Crippen molar-refractivity contribution < 1.29 is 18.3 Å². The molecule has 2 aromatic rings. The third kappa shape index (κ3) is 2.71. The van der Waals surface area contributed by atoms with E-state index < -0.39 is 11.7 Å². The van der Waals surface area contributed by atoms with Crippen LogP contribution in [0.3, 0.4) is 0 Å². The number of hydrogen-bond acceptors (Lipinski definition) is 1. The zero-order valence-electron chi connectivity index (χ0n) is 9.28. The highest BCUT2D eigenvalue weighted by Crippen LogP contribution is 2.30. The van der Waals surface area contributed by atoms with E-state index >= 15 is 0 Å². The first-order valence-corrected chi connectivity index (χ1v) is 5.27. The van der Waals surface area contributed by atoms with Crippen molar-refractivity contribution in [2.24, 2.45) is 0 Å². The van der Waals surface area contributed by atoms with Gasteiger partial charge in [0.1, 0.15) is 0 Å². The summed E-state index contributed by atoms with van der Waals surface area (Å²) >= 11 is 0. The molecule has 2 rings (SSSR count). The molecular weight excluding hydrogens is 241 g/mol. The number of aliphatic hydroxyl groups is 1. The number of alkyl halides is 3. The van der Waals surface area contributed by atoms with Crippen molar-refractivity contribution in [3.05, 3.63) is 77.4 Å². The van der Waals surface area contributed by atoms with E-state index in [-0.39, 0.29) is 6.10 Å². The lowest BCUT2D eigenvalue weighted by Crippen LogP contribution is -2.06. The Morgan fingerprint density at radius 3 is 1.78 bits per heavy atom. The Morgan fingerprint density at radius 1 is 0.778 bits per heavy atom. The summed E-state index contributed by atoms with van der Waals surface area (Å²) in [5.41, 5.74) is 0.193. The summed E-state index contributed by atoms with van der Waals surface area (Å²) in [5, 5.41) is 9.92. The Morgan fingerprint density at radius 2 is 1.28 bits per heavy atom. The Balaban J connectivity index is 2.25. The van der Waals surface area contributed by atoms with Gasteiger partial charge in [-0.3, -0.25) is 0 Å². The van der Waals surface area contributed by atoms with Gasteiger partial charge < -0.3 is 5.11 Å². The summed E-state index contributed by atoms with van der Waals surface area (Å²) < 4.78 is 37.1. The SMILES string of the molecule is O[C](c1ccccc1)c1ccc(C(F)(F)F)cc1. The van der Waals surface area contributed by atoms with Crippen LogP contribution in [0, 0.1) is 6.10 Å². The van der Waals surface area contributed by atoms with E-state index in [1.54, 1.807) is 30.3 Å². The molecule has 18 heavy (non-hydrogen) atoms. The average molecular weight is 251 g/mol. The summed E-state index contributed by atoms with van der Waals surface area (Å²) in [5.74, 6) is 0. The van der Waals surface area contributed by atoms with Gasteiger partial charge in [0.2, 0.25) is 0 Å². The van der Waals surface area contributed by atoms with Gasteiger partial charge in [-0.2, -0.15) is 13.2 Å². The van der Waals surface area contributed by atoms with Gasteiger partial charge in [0, 0.05) is 0 Å². The van der Waals surface area contributed by atoms with Crippen LogP contribution in [-0.4, -0.2) is 5.11 Å². The quantitative estimate of drug-likeness (QED) is 0.855. The second-order valence-corrected chi connectivity index (χ2v) is 3.79. The molecule has 2 aromatic carbocycles. The molecule has 1 N–H and O–H groups in total. The smallest absolute Gasteiger partial charge is 0.377 e.